The van der Waals surface area contributed by atoms with E-state index in [1.54, 1.807) is 13.4 Å². The summed E-state index contributed by atoms with van der Waals surface area (Å²) >= 11 is 0. The molecule has 15 heavy (non-hydrogen) atoms. The zero-order valence-corrected chi connectivity index (χ0v) is 9.32. The predicted molar refractivity (Wildman–Crippen MR) is 63.7 cm³/mol. The van der Waals surface area contributed by atoms with E-state index in [4.69, 9.17) is 4.74 Å². The van der Waals surface area contributed by atoms with E-state index in [0.29, 0.717) is 0 Å². The van der Waals surface area contributed by atoms with Crippen molar-refractivity contribution in [3.63, 3.8) is 0 Å². The topological polar surface area (TPSA) is 14.2 Å². The van der Waals surface area contributed by atoms with Crippen molar-refractivity contribution < 1.29 is 4.74 Å². The summed E-state index contributed by atoms with van der Waals surface area (Å²) in [5, 5.41) is 1.27. The van der Waals surface area contributed by atoms with Gasteiger partial charge in [-0.15, -0.1) is 0 Å². The van der Waals surface area contributed by atoms with Gasteiger partial charge in [-0.25, -0.2) is 0 Å². The van der Waals surface area contributed by atoms with Crippen molar-refractivity contribution in [1.29, 1.82) is 0 Å². The third kappa shape index (κ3) is 1.52. The summed E-state index contributed by atoms with van der Waals surface area (Å²) in [4.78, 5) is 0. The van der Waals surface area contributed by atoms with Crippen molar-refractivity contribution in [2.75, 3.05) is 7.11 Å². The molecular weight excluding hydrogens is 186 g/mol. The van der Waals surface area contributed by atoms with Gasteiger partial charge in [0.2, 0.25) is 0 Å². The van der Waals surface area contributed by atoms with Crippen LogP contribution in [0.3, 0.4) is 0 Å². The summed E-state index contributed by atoms with van der Waals surface area (Å²) in [5.41, 5.74) is 3.74. The number of methoxy groups -OCH3 is 1. The molecule has 0 saturated carbocycles. The average Bonchev–Trinajstić information content (AvgIpc) is 2.51. The van der Waals surface area contributed by atoms with Crippen molar-refractivity contribution in [3.8, 4) is 0 Å². The highest BCUT2D eigenvalue weighted by Crippen LogP contribution is 2.25. The van der Waals surface area contributed by atoms with Gasteiger partial charge in [-0.3, -0.25) is 0 Å². The third-order valence-electron chi connectivity index (χ3n) is 2.82. The Kier molecular flexibility index (Phi) is 2.50. The summed E-state index contributed by atoms with van der Waals surface area (Å²) in [6.07, 6.45) is 3.73. The molecule has 2 rings (SSSR count). The molecule has 2 nitrogen and oxygen atoms in total. The molecule has 0 unspecified atom stereocenters. The standard InChI is InChI=1S/C13H15NO/c1-10-11(8-9-15-3)12-6-4-5-7-13(12)14(10)2/h4-9H,1-3H3/b9-8-. The van der Waals surface area contributed by atoms with Crippen molar-refractivity contribution in [3.05, 3.63) is 41.8 Å². The number of para-hydroxylation sites is 1. The zero-order valence-electron chi connectivity index (χ0n) is 9.32. The van der Waals surface area contributed by atoms with Crippen LogP contribution in [0.5, 0.6) is 0 Å². The van der Waals surface area contributed by atoms with Gasteiger partial charge in [-0.2, -0.15) is 0 Å². The third-order valence-corrected chi connectivity index (χ3v) is 2.82. The SMILES string of the molecule is CO/C=C\c1c(C)n(C)c2ccccc12. The molecule has 0 N–H and O–H groups in total. The molecule has 0 atom stereocenters. The Bertz CT molecular complexity index is 508. The van der Waals surface area contributed by atoms with Crippen LogP contribution in [0.4, 0.5) is 0 Å². The first-order chi connectivity index (χ1) is 7.25. The van der Waals surface area contributed by atoms with Gasteiger partial charge in [0, 0.05) is 29.2 Å². The molecule has 0 aliphatic heterocycles. The quantitative estimate of drug-likeness (QED) is 0.681. The number of ether oxygens (including phenoxy) is 1. The van der Waals surface area contributed by atoms with E-state index in [2.05, 4.69) is 42.8 Å². The molecule has 1 aromatic heterocycles. The van der Waals surface area contributed by atoms with E-state index in [0.717, 1.165) is 0 Å². The Balaban J connectivity index is 2.72. The number of hydrogen-bond acceptors (Lipinski definition) is 1. The van der Waals surface area contributed by atoms with Crippen LogP contribution in [0.25, 0.3) is 17.0 Å². The fourth-order valence-corrected chi connectivity index (χ4v) is 1.90. The van der Waals surface area contributed by atoms with E-state index in [1.807, 2.05) is 6.08 Å². The molecule has 0 saturated heterocycles. The second-order valence-corrected chi connectivity index (χ2v) is 3.61. The fraction of sp³-hybridized carbons (Fsp3) is 0.231. The number of rotatable bonds is 2. The van der Waals surface area contributed by atoms with Crippen LogP contribution >= 0.6 is 0 Å². The average molecular weight is 201 g/mol. The Morgan fingerprint density at radius 2 is 2.00 bits per heavy atom. The Hall–Kier alpha value is -1.70. The predicted octanol–water partition coefficient (Wildman–Crippen LogP) is 3.10. The maximum absolute atomic E-state index is 4.97. The first-order valence-corrected chi connectivity index (χ1v) is 4.99. The highest BCUT2D eigenvalue weighted by Gasteiger charge is 2.07. The fourth-order valence-electron chi connectivity index (χ4n) is 1.90. The van der Waals surface area contributed by atoms with E-state index >= 15 is 0 Å². The number of aromatic nitrogens is 1. The summed E-state index contributed by atoms with van der Waals surface area (Å²) in [7, 11) is 3.75. The van der Waals surface area contributed by atoms with Gasteiger partial charge in [-0.1, -0.05) is 18.2 Å². The summed E-state index contributed by atoms with van der Waals surface area (Å²) < 4.78 is 7.17. The van der Waals surface area contributed by atoms with E-state index in [-0.39, 0.29) is 0 Å². The lowest BCUT2D eigenvalue weighted by molar-refractivity contribution is 0.341. The largest absolute Gasteiger partial charge is 0.504 e. The van der Waals surface area contributed by atoms with Gasteiger partial charge in [0.1, 0.15) is 0 Å². The number of nitrogens with zero attached hydrogens (tertiary/aromatic N) is 1. The van der Waals surface area contributed by atoms with Crippen LogP contribution in [0, 0.1) is 6.92 Å². The van der Waals surface area contributed by atoms with E-state index in [1.165, 1.54) is 22.2 Å². The summed E-state index contributed by atoms with van der Waals surface area (Å²) in [6, 6.07) is 8.39. The van der Waals surface area contributed by atoms with E-state index < -0.39 is 0 Å². The molecule has 0 spiro atoms. The van der Waals surface area contributed by atoms with Crippen molar-refractivity contribution >= 4 is 17.0 Å². The molecule has 0 fully saturated rings. The summed E-state index contributed by atoms with van der Waals surface area (Å²) in [6.45, 7) is 2.12. The lowest BCUT2D eigenvalue weighted by Crippen LogP contribution is -1.89. The van der Waals surface area contributed by atoms with Gasteiger partial charge in [-0.05, 0) is 19.1 Å². The van der Waals surface area contributed by atoms with Crippen molar-refractivity contribution in [2.24, 2.45) is 7.05 Å². The lowest BCUT2D eigenvalue weighted by Gasteiger charge is -1.97. The highest BCUT2D eigenvalue weighted by atomic mass is 16.5. The Morgan fingerprint density at radius 1 is 1.27 bits per heavy atom. The minimum Gasteiger partial charge on any atom is -0.504 e. The van der Waals surface area contributed by atoms with Crippen LogP contribution in [-0.2, 0) is 11.8 Å². The van der Waals surface area contributed by atoms with Gasteiger partial charge in [0.25, 0.3) is 0 Å². The molecule has 1 heterocycles. The molecular formula is C13H15NO. The number of hydrogen-bond donors (Lipinski definition) is 0. The maximum atomic E-state index is 4.97. The molecule has 0 aliphatic rings. The van der Waals surface area contributed by atoms with E-state index in [9.17, 15) is 0 Å². The molecule has 0 amide bonds. The second kappa shape index (κ2) is 3.81. The number of benzene rings is 1. The minimum absolute atomic E-state index is 1.23. The van der Waals surface area contributed by atoms with Gasteiger partial charge in [0.15, 0.2) is 0 Å². The van der Waals surface area contributed by atoms with Crippen LogP contribution in [0.2, 0.25) is 0 Å². The zero-order chi connectivity index (χ0) is 10.8. The smallest absolute Gasteiger partial charge is 0.0831 e. The maximum Gasteiger partial charge on any atom is 0.0831 e. The molecule has 78 valence electrons. The second-order valence-electron chi connectivity index (χ2n) is 3.61. The van der Waals surface area contributed by atoms with Crippen LogP contribution in [0.1, 0.15) is 11.3 Å². The van der Waals surface area contributed by atoms with Gasteiger partial charge in [0.05, 0.1) is 13.4 Å². The number of aryl methyl sites for hydroxylation is 1. The summed E-state index contributed by atoms with van der Waals surface area (Å²) in [5.74, 6) is 0. The molecule has 2 heteroatoms. The lowest BCUT2D eigenvalue weighted by atomic mass is 10.1. The normalized spacial score (nSPS) is 11.4. The molecule has 0 aliphatic carbocycles. The molecule has 0 bridgehead atoms. The molecule has 1 aromatic carbocycles. The monoisotopic (exact) mass is 201 g/mol. The first-order valence-electron chi connectivity index (χ1n) is 4.99. The van der Waals surface area contributed by atoms with Crippen molar-refractivity contribution in [2.45, 2.75) is 6.92 Å². The van der Waals surface area contributed by atoms with Crippen LogP contribution in [0.15, 0.2) is 30.5 Å². The Morgan fingerprint density at radius 3 is 2.73 bits per heavy atom. The van der Waals surface area contributed by atoms with Gasteiger partial charge < -0.3 is 9.30 Å². The van der Waals surface area contributed by atoms with Crippen LogP contribution in [-0.4, -0.2) is 11.7 Å². The Labute approximate surface area is 89.8 Å². The number of fused-ring (bicyclic) bond motifs is 1. The first kappa shape index (κ1) is 9.84. The molecule has 0 radical (unpaired) electrons. The highest BCUT2D eigenvalue weighted by molar-refractivity contribution is 5.91. The van der Waals surface area contributed by atoms with Crippen molar-refractivity contribution in [1.82, 2.24) is 4.57 Å². The minimum atomic E-state index is 1.23. The molecule has 2 aromatic rings. The van der Waals surface area contributed by atoms with Gasteiger partial charge >= 0.3 is 0 Å². The van der Waals surface area contributed by atoms with Crippen LogP contribution < -0.4 is 0 Å².